The number of amides is 2. The van der Waals surface area contributed by atoms with E-state index < -0.39 is 17.8 Å². The van der Waals surface area contributed by atoms with Gasteiger partial charge in [0.2, 0.25) is 0 Å². The predicted molar refractivity (Wildman–Crippen MR) is 160 cm³/mol. The Kier molecular flexibility index (Phi) is 8.99. The molecule has 2 heterocycles. The SMILES string of the molecule is CCCC(c1ccc(C(=O)NCc2nn[nH]n2)cc1)N1C(=O)C(c2cccc(OC(F)(F)F)c2)=NC12CCC(C(C)(C)C)CC2. The number of nitrogens with zero attached hydrogens (tertiary/aromatic N) is 5. The molecule has 1 aliphatic heterocycles. The lowest BCUT2D eigenvalue weighted by molar-refractivity contribution is -0.274. The Balaban J connectivity index is 1.47. The third-order valence-corrected chi connectivity index (χ3v) is 8.77. The molecule has 1 atom stereocenters. The lowest BCUT2D eigenvalue weighted by Gasteiger charge is -2.47. The van der Waals surface area contributed by atoms with Crippen LogP contribution >= 0.6 is 0 Å². The van der Waals surface area contributed by atoms with Crippen LogP contribution in [0.2, 0.25) is 0 Å². The van der Waals surface area contributed by atoms with Gasteiger partial charge in [0, 0.05) is 11.1 Å². The molecule has 240 valence electrons. The number of halogens is 3. The number of hydrogen-bond donors (Lipinski definition) is 2. The Morgan fingerprint density at radius 3 is 2.44 bits per heavy atom. The second-order valence-corrected chi connectivity index (χ2v) is 12.8. The maximum Gasteiger partial charge on any atom is 0.573 e. The molecule has 5 rings (SSSR count). The Bertz CT molecular complexity index is 1520. The summed E-state index contributed by atoms with van der Waals surface area (Å²) in [7, 11) is 0. The van der Waals surface area contributed by atoms with E-state index in [1.165, 1.54) is 18.2 Å². The zero-order valence-corrected chi connectivity index (χ0v) is 25.8. The highest BCUT2D eigenvalue weighted by atomic mass is 19.4. The van der Waals surface area contributed by atoms with Crippen LogP contribution in [-0.4, -0.2) is 55.1 Å². The molecule has 3 aromatic rings. The average Bonchev–Trinajstić information content (AvgIpc) is 3.60. The number of H-pyrrole nitrogens is 1. The summed E-state index contributed by atoms with van der Waals surface area (Å²) in [5, 5.41) is 16.2. The second kappa shape index (κ2) is 12.6. The van der Waals surface area contributed by atoms with Gasteiger partial charge in [0.25, 0.3) is 11.8 Å². The third kappa shape index (κ3) is 7.18. The van der Waals surface area contributed by atoms with Crippen LogP contribution in [0.1, 0.15) is 99.6 Å². The lowest BCUT2D eigenvalue weighted by Crippen LogP contribution is -2.51. The summed E-state index contributed by atoms with van der Waals surface area (Å²) in [5.41, 5.74) is 0.955. The van der Waals surface area contributed by atoms with Gasteiger partial charge >= 0.3 is 6.36 Å². The summed E-state index contributed by atoms with van der Waals surface area (Å²) < 4.78 is 43.2. The third-order valence-electron chi connectivity index (χ3n) is 8.77. The van der Waals surface area contributed by atoms with Crippen molar-refractivity contribution in [3.05, 3.63) is 71.0 Å². The molecule has 2 N–H and O–H groups in total. The van der Waals surface area contributed by atoms with Crippen LogP contribution < -0.4 is 10.1 Å². The largest absolute Gasteiger partial charge is 0.573 e. The number of carbonyl (C=O) groups excluding carboxylic acids is 2. The van der Waals surface area contributed by atoms with E-state index in [9.17, 15) is 22.8 Å². The number of aliphatic imine (C=N–C) groups is 1. The molecule has 13 heteroatoms. The Morgan fingerprint density at radius 2 is 1.84 bits per heavy atom. The predicted octanol–water partition coefficient (Wildman–Crippen LogP) is 6.13. The molecule has 1 aliphatic carbocycles. The molecule has 10 nitrogen and oxygen atoms in total. The highest BCUT2D eigenvalue weighted by Gasteiger charge is 2.52. The number of carbonyl (C=O) groups is 2. The van der Waals surface area contributed by atoms with Crippen LogP contribution in [-0.2, 0) is 11.3 Å². The van der Waals surface area contributed by atoms with Crippen molar-refractivity contribution in [2.45, 2.75) is 90.8 Å². The van der Waals surface area contributed by atoms with Crippen LogP contribution in [0.15, 0.2) is 53.5 Å². The fourth-order valence-corrected chi connectivity index (χ4v) is 6.47. The number of tetrazole rings is 1. The number of rotatable bonds is 9. The highest BCUT2D eigenvalue weighted by molar-refractivity contribution is 6.46. The number of benzene rings is 2. The fourth-order valence-electron chi connectivity index (χ4n) is 6.47. The monoisotopic (exact) mass is 625 g/mol. The van der Waals surface area contributed by atoms with Crippen LogP contribution in [0, 0.1) is 11.3 Å². The minimum atomic E-state index is -4.86. The summed E-state index contributed by atoms with van der Waals surface area (Å²) in [6, 6.07) is 12.2. The maximum atomic E-state index is 14.4. The van der Waals surface area contributed by atoms with Crippen molar-refractivity contribution in [1.29, 1.82) is 0 Å². The fraction of sp³-hybridized carbons (Fsp3) is 0.500. The van der Waals surface area contributed by atoms with Gasteiger partial charge in [-0.1, -0.05) is 63.6 Å². The molecule has 45 heavy (non-hydrogen) atoms. The van der Waals surface area contributed by atoms with Crippen molar-refractivity contribution >= 4 is 17.5 Å². The van der Waals surface area contributed by atoms with E-state index in [2.05, 4.69) is 51.4 Å². The normalized spacial score (nSPS) is 21.1. The summed E-state index contributed by atoms with van der Waals surface area (Å²) >= 11 is 0. The van der Waals surface area contributed by atoms with Gasteiger partial charge in [0.05, 0.1) is 12.6 Å². The molecule has 1 unspecified atom stereocenters. The molecule has 1 fully saturated rings. The standard InChI is InChI=1S/C32H38F3N7O3/c1-5-7-25(20-10-12-21(13-11-20)28(43)36-19-26-38-40-41-39-26)42-29(44)27(22-8-6-9-24(18-22)45-32(33,34)35)37-31(42)16-14-23(15-17-31)30(2,3)4/h6,8-13,18,23,25H,5,7,14-17,19H2,1-4H3,(H,36,43)(H,38,39,40,41). The smallest absolute Gasteiger partial charge is 0.406 e. The van der Waals surface area contributed by atoms with E-state index in [-0.39, 0.29) is 41.1 Å². The minimum Gasteiger partial charge on any atom is -0.406 e. The summed E-state index contributed by atoms with van der Waals surface area (Å²) in [4.78, 5) is 34.0. The molecule has 2 aromatic carbocycles. The number of aromatic nitrogens is 4. The molecular formula is C32H38F3N7O3. The number of hydrogen-bond acceptors (Lipinski definition) is 7. The topological polar surface area (TPSA) is 125 Å². The first kappa shape index (κ1) is 32.1. The average molecular weight is 626 g/mol. The maximum absolute atomic E-state index is 14.4. The van der Waals surface area contributed by atoms with Gasteiger partial charge in [-0.2, -0.15) is 5.21 Å². The molecule has 1 aromatic heterocycles. The van der Waals surface area contributed by atoms with Gasteiger partial charge in [-0.15, -0.1) is 23.4 Å². The Hall–Kier alpha value is -4.29. The number of aromatic amines is 1. The number of alkyl halides is 3. The second-order valence-electron chi connectivity index (χ2n) is 12.8. The van der Waals surface area contributed by atoms with Crippen molar-refractivity contribution in [2.24, 2.45) is 16.3 Å². The zero-order chi connectivity index (χ0) is 32.4. The van der Waals surface area contributed by atoms with Gasteiger partial charge < -0.3 is 15.0 Å². The summed E-state index contributed by atoms with van der Waals surface area (Å²) in [6.45, 7) is 8.80. The molecule has 0 saturated heterocycles. The van der Waals surface area contributed by atoms with E-state index in [0.717, 1.165) is 24.8 Å². The van der Waals surface area contributed by atoms with Gasteiger partial charge in [0.15, 0.2) is 5.82 Å². The van der Waals surface area contributed by atoms with Crippen molar-refractivity contribution in [1.82, 2.24) is 30.8 Å². The van der Waals surface area contributed by atoms with Crippen molar-refractivity contribution < 1.29 is 27.5 Å². The first-order valence-electron chi connectivity index (χ1n) is 15.2. The highest BCUT2D eigenvalue weighted by Crippen LogP contribution is 2.50. The van der Waals surface area contributed by atoms with Crippen molar-refractivity contribution in [2.75, 3.05) is 0 Å². The van der Waals surface area contributed by atoms with Crippen molar-refractivity contribution in [3.63, 3.8) is 0 Å². The van der Waals surface area contributed by atoms with Crippen LogP contribution in [0.25, 0.3) is 0 Å². The Labute approximate surface area is 259 Å². The molecule has 0 radical (unpaired) electrons. The quantitative estimate of drug-likeness (QED) is 0.295. The summed E-state index contributed by atoms with van der Waals surface area (Å²) in [6.07, 6.45) is -0.453. The lowest BCUT2D eigenvalue weighted by atomic mass is 9.69. The van der Waals surface area contributed by atoms with E-state index in [0.29, 0.717) is 36.6 Å². The van der Waals surface area contributed by atoms with Crippen LogP contribution in [0.5, 0.6) is 5.75 Å². The number of ether oxygens (including phenoxy) is 1. The van der Waals surface area contributed by atoms with Crippen LogP contribution in [0.3, 0.4) is 0 Å². The molecular weight excluding hydrogens is 587 g/mol. The first-order valence-corrected chi connectivity index (χ1v) is 15.2. The van der Waals surface area contributed by atoms with Gasteiger partial charge in [-0.25, -0.2) is 0 Å². The van der Waals surface area contributed by atoms with Crippen LogP contribution in [0.4, 0.5) is 13.2 Å². The molecule has 2 aliphatic rings. The van der Waals surface area contributed by atoms with Gasteiger partial charge in [-0.05, 0) is 73.3 Å². The van der Waals surface area contributed by atoms with E-state index >= 15 is 0 Å². The van der Waals surface area contributed by atoms with E-state index in [4.69, 9.17) is 4.99 Å². The molecule has 0 bridgehead atoms. The van der Waals surface area contributed by atoms with E-state index in [1.54, 1.807) is 18.2 Å². The van der Waals surface area contributed by atoms with Crippen molar-refractivity contribution in [3.8, 4) is 5.75 Å². The molecule has 2 amide bonds. The van der Waals surface area contributed by atoms with Gasteiger partial charge in [-0.3, -0.25) is 14.6 Å². The molecule has 1 spiro atoms. The summed E-state index contributed by atoms with van der Waals surface area (Å²) in [5.74, 6) is -0.239. The number of nitrogens with one attached hydrogen (secondary N) is 2. The zero-order valence-electron chi connectivity index (χ0n) is 25.8. The van der Waals surface area contributed by atoms with E-state index in [1.807, 2.05) is 24.0 Å². The first-order chi connectivity index (χ1) is 21.3. The minimum absolute atomic E-state index is 0.0911. The molecule has 1 saturated carbocycles. The Morgan fingerprint density at radius 1 is 1.13 bits per heavy atom. The van der Waals surface area contributed by atoms with Gasteiger partial charge in [0.1, 0.15) is 17.1 Å².